The molecule has 0 bridgehead atoms. The van der Waals surface area contributed by atoms with Crippen LogP contribution in [0.4, 0.5) is 14.5 Å². The number of nitrogens with one attached hydrogen (secondary N) is 3. The van der Waals surface area contributed by atoms with Crippen LogP contribution in [0.15, 0.2) is 114 Å². The van der Waals surface area contributed by atoms with E-state index >= 15 is 0 Å². The van der Waals surface area contributed by atoms with Gasteiger partial charge in [-0.05, 0) is 55.0 Å². The number of aromatic nitrogens is 1. The zero-order valence-electron chi connectivity index (χ0n) is 21.1. The number of carbonyl (C=O) groups is 1. The Morgan fingerprint density at radius 2 is 1.79 bits per heavy atom. The summed E-state index contributed by atoms with van der Waals surface area (Å²) in [6.07, 6.45) is 9.16. The van der Waals surface area contributed by atoms with Gasteiger partial charge in [-0.2, -0.15) is 0 Å². The van der Waals surface area contributed by atoms with E-state index in [0.717, 1.165) is 35.1 Å². The largest absolute Gasteiger partial charge is 0.354 e. The zero-order chi connectivity index (χ0) is 27.3. The van der Waals surface area contributed by atoms with Crippen molar-refractivity contribution in [3.05, 3.63) is 142 Å². The number of rotatable bonds is 8. The molecule has 0 saturated carbocycles. The lowest BCUT2D eigenvalue weighted by molar-refractivity contribution is 0.0174. The number of anilines is 1. The van der Waals surface area contributed by atoms with Crippen molar-refractivity contribution in [1.29, 1.82) is 0 Å². The van der Waals surface area contributed by atoms with E-state index in [0.29, 0.717) is 11.3 Å². The van der Waals surface area contributed by atoms with E-state index in [9.17, 15) is 18.4 Å². The molecule has 0 radical (unpaired) electrons. The Labute approximate surface area is 219 Å². The van der Waals surface area contributed by atoms with Crippen molar-refractivity contribution in [3.63, 3.8) is 0 Å². The Morgan fingerprint density at radius 1 is 1.08 bits per heavy atom. The highest BCUT2D eigenvalue weighted by molar-refractivity contribution is 5.94. The molecule has 38 heavy (non-hydrogen) atoms. The van der Waals surface area contributed by atoms with E-state index in [1.165, 1.54) is 18.2 Å². The summed E-state index contributed by atoms with van der Waals surface area (Å²) in [5, 5.41) is 6.13. The van der Waals surface area contributed by atoms with Crippen LogP contribution in [0.2, 0.25) is 0 Å². The molecule has 8 heteroatoms. The van der Waals surface area contributed by atoms with Gasteiger partial charge in [0.2, 0.25) is 5.56 Å². The van der Waals surface area contributed by atoms with Crippen molar-refractivity contribution >= 4 is 17.3 Å². The summed E-state index contributed by atoms with van der Waals surface area (Å²) in [6, 6.07) is 16.2. The minimum absolute atomic E-state index is 0.0673. The van der Waals surface area contributed by atoms with Crippen molar-refractivity contribution in [3.8, 4) is 0 Å². The number of halogens is 2. The van der Waals surface area contributed by atoms with Gasteiger partial charge in [-0.1, -0.05) is 36.9 Å². The molecule has 194 valence electrons. The number of hydrogen-bond donors (Lipinski definition) is 3. The van der Waals surface area contributed by atoms with Crippen LogP contribution in [0.1, 0.15) is 40.9 Å². The monoisotopic (exact) mass is 514 g/mol. The third kappa shape index (κ3) is 6.15. The van der Waals surface area contributed by atoms with Crippen molar-refractivity contribution in [2.45, 2.75) is 26.3 Å². The smallest absolute Gasteiger partial charge is 0.270 e. The lowest BCUT2D eigenvalue weighted by Crippen LogP contribution is -2.23. The molecule has 2 aromatic carbocycles. The lowest BCUT2D eigenvalue weighted by atomic mass is 10.1. The van der Waals surface area contributed by atoms with Gasteiger partial charge < -0.3 is 20.5 Å². The minimum atomic E-state index is -2.90. The van der Waals surface area contributed by atoms with Crippen LogP contribution >= 0.6 is 0 Å². The number of allylic oxidation sites excluding steroid dienone is 3. The summed E-state index contributed by atoms with van der Waals surface area (Å²) >= 11 is 0. The molecule has 1 amide bonds. The molecule has 0 aliphatic carbocycles. The number of hydrogen-bond acceptors (Lipinski definition) is 4. The van der Waals surface area contributed by atoms with Gasteiger partial charge in [0.15, 0.2) is 0 Å². The van der Waals surface area contributed by atoms with Crippen molar-refractivity contribution in [1.82, 2.24) is 15.2 Å². The number of carbonyl (C=O) groups excluding carboxylic acids is 1. The molecular formula is C30H28F2N4O2. The van der Waals surface area contributed by atoms with Gasteiger partial charge >= 0.3 is 0 Å². The molecule has 1 aliphatic rings. The summed E-state index contributed by atoms with van der Waals surface area (Å²) in [5.41, 5.74) is 4.73. The first-order valence-electron chi connectivity index (χ1n) is 12.0. The van der Waals surface area contributed by atoms with E-state index in [1.54, 1.807) is 42.6 Å². The van der Waals surface area contributed by atoms with Gasteiger partial charge in [-0.25, -0.2) is 8.78 Å². The molecular weight excluding hydrogens is 486 g/mol. The average molecular weight is 515 g/mol. The van der Waals surface area contributed by atoms with Gasteiger partial charge in [-0.3, -0.25) is 9.59 Å². The summed E-state index contributed by atoms with van der Waals surface area (Å²) < 4.78 is 26.8. The minimum Gasteiger partial charge on any atom is -0.354 e. The highest BCUT2D eigenvalue weighted by Gasteiger charge is 2.23. The maximum atomic E-state index is 13.4. The average Bonchev–Trinajstić information content (AvgIpc) is 2.90. The summed E-state index contributed by atoms with van der Waals surface area (Å²) in [6.45, 7) is 7.19. The van der Waals surface area contributed by atoms with E-state index < -0.39 is 5.92 Å². The summed E-state index contributed by atoms with van der Waals surface area (Å²) in [5.74, 6) is -3.17. The van der Waals surface area contributed by atoms with Crippen LogP contribution in [0.25, 0.3) is 5.70 Å². The molecule has 0 saturated heterocycles. The zero-order valence-corrected chi connectivity index (χ0v) is 21.1. The molecule has 1 aromatic heterocycles. The highest BCUT2D eigenvalue weighted by Crippen LogP contribution is 2.31. The fourth-order valence-electron chi connectivity index (χ4n) is 3.95. The van der Waals surface area contributed by atoms with Crippen LogP contribution < -0.4 is 16.2 Å². The van der Waals surface area contributed by atoms with Crippen LogP contribution in [0.5, 0.6) is 0 Å². The summed E-state index contributed by atoms with van der Waals surface area (Å²) in [7, 11) is 0. The topological polar surface area (TPSA) is 77.2 Å². The third-order valence-corrected chi connectivity index (χ3v) is 5.98. The molecule has 0 fully saturated rings. The number of pyridine rings is 1. The number of benzene rings is 2. The number of H-pyrrole nitrogens is 1. The van der Waals surface area contributed by atoms with E-state index in [1.807, 2.05) is 42.3 Å². The predicted octanol–water partition coefficient (Wildman–Crippen LogP) is 6.12. The normalized spacial score (nSPS) is 13.8. The lowest BCUT2D eigenvalue weighted by Gasteiger charge is -2.30. The number of nitrogens with zero attached hydrogens (tertiary/aromatic N) is 1. The number of amides is 1. The number of aromatic amines is 1. The fraction of sp³-hybridized carbons (Fsp3) is 0.133. The maximum absolute atomic E-state index is 13.4. The second kappa shape index (κ2) is 11.1. The van der Waals surface area contributed by atoms with Crippen LogP contribution in [-0.2, 0) is 12.5 Å². The van der Waals surface area contributed by atoms with E-state index in [4.69, 9.17) is 0 Å². The molecule has 3 aromatic rings. The number of alkyl halides is 2. The van der Waals surface area contributed by atoms with Gasteiger partial charge in [-0.15, -0.1) is 0 Å². The Kier molecular flexibility index (Phi) is 7.71. The van der Waals surface area contributed by atoms with Crippen LogP contribution in [0.3, 0.4) is 0 Å². The van der Waals surface area contributed by atoms with Crippen molar-refractivity contribution in [2.75, 3.05) is 5.32 Å². The molecule has 1 aliphatic heterocycles. The standard InChI is InChI=1S/C30H28F2N4O2/c1-4-17-36-20(2)26(13-14-27(36)23-15-16-33-28(37)18-23)35-25-11-7-22(8-12-25)29(38)34-19-21-5-9-24(10-6-21)30(3,31)32/h4-18,35H,2,19H2,1,3H3,(H,33,37)(H,34,38)/b17-4-. The van der Waals surface area contributed by atoms with Crippen LogP contribution in [-0.4, -0.2) is 15.8 Å². The molecule has 0 spiro atoms. The maximum Gasteiger partial charge on any atom is 0.270 e. The fourth-order valence-corrected chi connectivity index (χ4v) is 3.95. The third-order valence-electron chi connectivity index (χ3n) is 5.98. The molecule has 0 unspecified atom stereocenters. The molecule has 4 rings (SSSR count). The SMILES string of the molecule is C=C1C(Nc2ccc(C(=O)NCc3ccc(C(C)(F)F)cc3)cc2)=CC=C(c2cc[nH]c(=O)c2)N1/C=C\C. The first-order chi connectivity index (χ1) is 18.2. The Hall–Kier alpha value is -4.72. The van der Waals surface area contributed by atoms with E-state index in [-0.39, 0.29) is 23.6 Å². The summed E-state index contributed by atoms with van der Waals surface area (Å²) in [4.78, 5) is 28.9. The second-order valence-corrected chi connectivity index (χ2v) is 8.84. The molecule has 0 atom stereocenters. The predicted molar refractivity (Wildman–Crippen MR) is 146 cm³/mol. The van der Waals surface area contributed by atoms with Crippen LogP contribution in [0, 0.1) is 0 Å². The molecule has 3 N–H and O–H groups in total. The highest BCUT2D eigenvalue weighted by atomic mass is 19.3. The van der Waals surface area contributed by atoms with Gasteiger partial charge in [0.05, 0.1) is 17.1 Å². The Bertz CT molecular complexity index is 1480. The first-order valence-corrected chi connectivity index (χ1v) is 12.0. The van der Waals surface area contributed by atoms with Gasteiger partial charge in [0.25, 0.3) is 11.8 Å². The van der Waals surface area contributed by atoms with Crippen molar-refractivity contribution in [2.24, 2.45) is 0 Å². The van der Waals surface area contributed by atoms with Gasteiger partial charge in [0, 0.05) is 54.3 Å². The quantitative estimate of drug-likeness (QED) is 0.339. The molecule has 6 nitrogen and oxygen atoms in total. The van der Waals surface area contributed by atoms with Crippen molar-refractivity contribution < 1.29 is 13.6 Å². The Balaban J connectivity index is 1.42. The molecule has 2 heterocycles. The Morgan fingerprint density at radius 3 is 2.42 bits per heavy atom. The first kappa shape index (κ1) is 26.3. The second-order valence-electron chi connectivity index (χ2n) is 8.84. The van der Waals surface area contributed by atoms with E-state index in [2.05, 4.69) is 22.2 Å². The van der Waals surface area contributed by atoms with Gasteiger partial charge in [0.1, 0.15) is 0 Å².